The van der Waals surface area contributed by atoms with Crippen LogP contribution < -0.4 is 15.6 Å². The number of nitrogens with zero attached hydrogens (tertiary/aromatic N) is 5. The van der Waals surface area contributed by atoms with Gasteiger partial charge in [0.25, 0.3) is 0 Å². The van der Waals surface area contributed by atoms with Crippen LogP contribution in [0.5, 0.6) is 0 Å². The Kier molecular flexibility index (Phi) is 5.55. The molecule has 0 atom stereocenters. The van der Waals surface area contributed by atoms with Crippen LogP contribution >= 0.6 is 0 Å². The van der Waals surface area contributed by atoms with Crippen molar-refractivity contribution in [3.05, 3.63) is 89.1 Å². The molecule has 0 aliphatic carbocycles. The van der Waals surface area contributed by atoms with Gasteiger partial charge in [-0.05, 0) is 36.4 Å². The van der Waals surface area contributed by atoms with Crippen LogP contribution in [0.1, 0.15) is 7.43 Å². The zero-order chi connectivity index (χ0) is 21.4. The maximum Gasteiger partial charge on any atom is 0.321 e. The first kappa shape index (κ1) is 21.0. The minimum absolute atomic E-state index is 0. The molecule has 4 aromatic rings. The van der Waals surface area contributed by atoms with Gasteiger partial charge in [0, 0.05) is 31.0 Å². The summed E-state index contributed by atoms with van der Waals surface area (Å²) in [6.07, 6.45) is 2.99. The summed E-state index contributed by atoms with van der Waals surface area (Å²) in [6, 6.07) is 16.6. The van der Waals surface area contributed by atoms with Crippen molar-refractivity contribution in [2.24, 2.45) is 0 Å². The molecule has 2 aromatic heterocycles. The fourth-order valence-electron chi connectivity index (χ4n) is 3.54. The molecule has 2 amide bonds. The van der Waals surface area contributed by atoms with E-state index in [9.17, 15) is 14.0 Å². The molecule has 1 fully saturated rings. The molecular formula is C23H21FN6O2. The van der Waals surface area contributed by atoms with Gasteiger partial charge in [0.05, 0.1) is 17.6 Å². The van der Waals surface area contributed by atoms with Gasteiger partial charge in [0.15, 0.2) is 11.5 Å². The minimum atomic E-state index is -0.559. The van der Waals surface area contributed by atoms with Crippen molar-refractivity contribution in [1.29, 1.82) is 0 Å². The maximum absolute atomic E-state index is 14.9. The van der Waals surface area contributed by atoms with E-state index in [0.29, 0.717) is 24.5 Å². The molecule has 32 heavy (non-hydrogen) atoms. The van der Waals surface area contributed by atoms with Crippen LogP contribution in [0, 0.1) is 5.82 Å². The summed E-state index contributed by atoms with van der Waals surface area (Å²) < 4.78 is 17.8. The first-order chi connectivity index (χ1) is 15.1. The molecule has 0 saturated carbocycles. The van der Waals surface area contributed by atoms with E-state index in [1.54, 1.807) is 23.0 Å². The monoisotopic (exact) mass is 432 g/mol. The average molecular weight is 432 g/mol. The van der Waals surface area contributed by atoms with E-state index in [0.717, 1.165) is 5.69 Å². The van der Waals surface area contributed by atoms with Crippen molar-refractivity contribution in [3.8, 4) is 22.8 Å². The molecule has 0 radical (unpaired) electrons. The predicted octanol–water partition coefficient (Wildman–Crippen LogP) is 3.39. The Hall–Kier alpha value is -4.27. The lowest BCUT2D eigenvalue weighted by atomic mass is 10.2. The molecule has 1 aliphatic rings. The van der Waals surface area contributed by atoms with E-state index in [-0.39, 0.29) is 30.3 Å². The lowest BCUT2D eigenvalue weighted by molar-refractivity contribution is 0.252. The Balaban J connectivity index is 0.00000245. The van der Waals surface area contributed by atoms with Gasteiger partial charge >= 0.3 is 6.03 Å². The second-order valence-corrected chi connectivity index (χ2v) is 6.96. The van der Waals surface area contributed by atoms with Crippen LogP contribution in [0.3, 0.4) is 0 Å². The Morgan fingerprint density at radius 2 is 1.78 bits per heavy atom. The third-order valence-corrected chi connectivity index (χ3v) is 5.04. The quantitative estimate of drug-likeness (QED) is 0.536. The number of rotatable bonds is 4. The molecule has 162 valence electrons. The second-order valence-electron chi connectivity index (χ2n) is 6.96. The van der Waals surface area contributed by atoms with Gasteiger partial charge in [0.1, 0.15) is 5.69 Å². The fourth-order valence-corrected chi connectivity index (χ4v) is 3.54. The first-order valence-electron chi connectivity index (χ1n) is 9.67. The number of carbonyl (C=O) groups excluding carboxylic acids is 1. The summed E-state index contributed by atoms with van der Waals surface area (Å²) in [6.45, 7) is 0.990. The van der Waals surface area contributed by atoms with Crippen molar-refractivity contribution in [3.63, 3.8) is 0 Å². The van der Waals surface area contributed by atoms with E-state index >= 15 is 0 Å². The first-order valence-corrected chi connectivity index (χ1v) is 9.67. The van der Waals surface area contributed by atoms with Gasteiger partial charge in [-0.1, -0.05) is 25.6 Å². The Bertz CT molecular complexity index is 1330. The highest BCUT2D eigenvalue weighted by Gasteiger charge is 2.22. The number of para-hydroxylation sites is 1. The number of benzene rings is 2. The normalized spacial score (nSPS) is 13.0. The number of carbonyl (C=O) groups is 1. The topological polar surface area (TPSA) is 85.0 Å². The number of hydrogen-bond donors (Lipinski definition) is 1. The molecule has 9 heteroatoms. The van der Waals surface area contributed by atoms with Crippen LogP contribution in [0.15, 0.2) is 77.9 Å². The fraction of sp³-hybridized carbons (Fsp3) is 0.130. The van der Waals surface area contributed by atoms with Gasteiger partial charge in [-0.25, -0.2) is 18.5 Å². The molecule has 1 aliphatic heterocycles. The smallest absolute Gasteiger partial charge is 0.321 e. The molecule has 1 N–H and O–H groups in total. The zero-order valence-electron chi connectivity index (χ0n) is 16.3. The number of aromatic nitrogens is 4. The highest BCUT2D eigenvalue weighted by Crippen LogP contribution is 2.23. The third-order valence-electron chi connectivity index (χ3n) is 5.04. The predicted molar refractivity (Wildman–Crippen MR) is 120 cm³/mol. The van der Waals surface area contributed by atoms with Crippen molar-refractivity contribution < 1.29 is 9.18 Å². The van der Waals surface area contributed by atoms with E-state index in [1.807, 2.05) is 30.3 Å². The summed E-state index contributed by atoms with van der Waals surface area (Å²) >= 11 is 0. The standard InChI is InChI=1S/C22H17FN6O2.CH4/c23-17-14-16(27-13-11-24-22(27)31)6-7-18(17)28-12-9-20(30)21(26-28)19-8-10-25-29(19)15-4-2-1-3-5-15;/h1-10,12,14H,11,13H2,(H,24,31);1H4. The number of anilines is 1. The van der Waals surface area contributed by atoms with E-state index in [2.05, 4.69) is 15.5 Å². The van der Waals surface area contributed by atoms with Crippen LogP contribution in [0.2, 0.25) is 0 Å². The molecule has 3 heterocycles. The number of nitrogens with one attached hydrogen (secondary N) is 1. The van der Waals surface area contributed by atoms with E-state index in [1.165, 1.54) is 34.0 Å². The van der Waals surface area contributed by atoms with E-state index < -0.39 is 5.82 Å². The van der Waals surface area contributed by atoms with Crippen molar-refractivity contribution in [2.45, 2.75) is 7.43 Å². The molecule has 0 bridgehead atoms. The SMILES string of the molecule is C.O=C1NCCN1c1ccc(-n2ccc(=O)c(-c3ccnn3-c3ccccc3)n2)c(F)c1. The lowest BCUT2D eigenvalue weighted by Gasteiger charge is -2.16. The summed E-state index contributed by atoms with van der Waals surface area (Å²) in [5.74, 6) is -0.559. The largest absolute Gasteiger partial charge is 0.336 e. The summed E-state index contributed by atoms with van der Waals surface area (Å²) in [5.41, 5.74) is 1.73. The Morgan fingerprint density at radius 3 is 2.50 bits per heavy atom. The second kappa shape index (κ2) is 8.46. The van der Waals surface area contributed by atoms with Gasteiger partial charge < -0.3 is 5.32 Å². The average Bonchev–Trinajstić information content (AvgIpc) is 3.44. The van der Waals surface area contributed by atoms with Crippen molar-refractivity contribution in [1.82, 2.24) is 24.9 Å². The van der Waals surface area contributed by atoms with Gasteiger partial charge in [0.2, 0.25) is 5.43 Å². The van der Waals surface area contributed by atoms with Crippen molar-refractivity contribution in [2.75, 3.05) is 18.0 Å². The van der Waals surface area contributed by atoms with Gasteiger partial charge in [-0.2, -0.15) is 10.2 Å². The molecular weight excluding hydrogens is 411 g/mol. The molecule has 0 unspecified atom stereocenters. The van der Waals surface area contributed by atoms with Gasteiger partial charge in [-0.15, -0.1) is 0 Å². The molecule has 2 aromatic carbocycles. The number of halogens is 1. The van der Waals surface area contributed by atoms with E-state index in [4.69, 9.17) is 0 Å². The Labute approximate surface area is 183 Å². The van der Waals surface area contributed by atoms with Crippen molar-refractivity contribution >= 4 is 11.7 Å². The number of urea groups is 1. The lowest BCUT2D eigenvalue weighted by Crippen LogP contribution is -2.27. The maximum atomic E-state index is 14.9. The molecule has 8 nitrogen and oxygen atoms in total. The molecule has 1 saturated heterocycles. The zero-order valence-corrected chi connectivity index (χ0v) is 16.3. The number of amides is 2. The van der Waals surface area contributed by atoms with Crippen LogP contribution in [-0.2, 0) is 0 Å². The Morgan fingerprint density at radius 1 is 0.969 bits per heavy atom. The summed E-state index contributed by atoms with van der Waals surface area (Å²) in [5, 5.41) is 11.4. The van der Waals surface area contributed by atoms with Crippen LogP contribution in [0.4, 0.5) is 14.9 Å². The minimum Gasteiger partial charge on any atom is -0.336 e. The van der Waals surface area contributed by atoms with Crippen LogP contribution in [-0.4, -0.2) is 38.7 Å². The van der Waals surface area contributed by atoms with Gasteiger partial charge in [-0.3, -0.25) is 9.69 Å². The molecule has 0 spiro atoms. The molecule has 5 rings (SSSR count). The highest BCUT2D eigenvalue weighted by molar-refractivity contribution is 5.94. The number of hydrogen-bond acceptors (Lipinski definition) is 4. The highest BCUT2D eigenvalue weighted by atomic mass is 19.1. The van der Waals surface area contributed by atoms with Crippen LogP contribution in [0.25, 0.3) is 22.8 Å². The summed E-state index contributed by atoms with van der Waals surface area (Å²) in [4.78, 5) is 25.9. The third kappa shape index (κ3) is 3.64. The summed E-state index contributed by atoms with van der Waals surface area (Å²) in [7, 11) is 0.